The van der Waals surface area contributed by atoms with Gasteiger partial charge < -0.3 is 11.1 Å². The molecule has 1 aliphatic rings. The first-order chi connectivity index (χ1) is 7.70. The van der Waals surface area contributed by atoms with Gasteiger partial charge in [0.15, 0.2) is 0 Å². The molecule has 0 spiro atoms. The molecule has 1 aliphatic heterocycles. The highest BCUT2D eigenvalue weighted by Crippen LogP contribution is 2.19. The minimum Gasteiger partial charge on any atom is -0.351 e. The Bertz CT molecular complexity index is 407. The van der Waals surface area contributed by atoms with E-state index in [1.807, 2.05) is 0 Å². The van der Waals surface area contributed by atoms with Gasteiger partial charge in [-0.15, -0.1) is 0 Å². The van der Waals surface area contributed by atoms with E-state index in [4.69, 9.17) is 5.73 Å². The van der Waals surface area contributed by atoms with Crippen molar-refractivity contribution in [1.82, 2.24) is 15.5 Å². The van der Waals surface area contributed by atoms with Gasteiger partial charge in [-0.1, -0.05) is 24.3 Å². The molecular weight excluding hydrogens is 208 g/mol. The smallest absolute Gasteiger partial charge is 0.328 e. The van der Waals surface area contributed by atoms with Crippen molar-refractivity contribution in [3.05, 3.63) is 35.9 Å². The van der Waals surface area contributed by atoms with Gasteiger partial charge in [0.25, 0.3) is 0 Å². The molecule has 0 aliphatic carbocycles. The fourth-order valence-electron chi connectivity index (χ4n) is 1.59. The zero-order valence-electron chi connectivity index (χ0n) is 8.43. The molecule has 4 N–H and O–H groups in total. The topological polar surface area (TPSA) is 87.5 Å². The van der Waals surface area contributed by atoms with Crippen LogP contribution < -0.4 is 16.4 Å². The summed E-state index contributed by atoms with van der Waals surface area (Å²) in [5.74, 6) is 0. The van der Waals surface area contributed by atoms with E-state index in [0.717, 1.165) is 10.5 Å². The van der Waals surface area contributed by atoms with E-state index < -0.39 is 18.2 Å². The maximum atomic E-state index is 11.5. The molecule has 1 unspecified atom stereocenters. The molecule has 1 atom stereocenters. The van der Waals surface area contributed by atoms with Gasteiger partial charge in [-0.3, -0.25) is 5.32 Å². The van der Waals surface area contributed by atoms with Crippen LogP contribution in [0.5, 0.6) is 0 Å². The molecule has 1 radical (unpaired) electrons. The van der Waals surface area contributed by atoms with Crippen LogP contribution in [0.4, 0.5) is 9.59 Å². The maximum absolute atomic E-state index is 11.5. The third-order valence-corrected chi connectivity index (χ3v) is 2.31. The van der Waals surface area contributed by atoms with Crippen molar-refractivity contribution in [2.24, 2.45) is 5.73 Å². The summed E-state index contributed by atoms with van der Waals surface area (Å²) >= 11 is 0. The molecule has 0 saturated carbocycles. The van der Waals surface area contributed by atoms with Crippen LogP contribution in [0.2, 0.25) is 0 Å². The number of urea groups is 2. The average Bonchev–Trinajstić information content (AvgIpc) is 2.29. The van der Waals surface area contributed by atoms with Gasteiger partial charge in [0, 0.05) is 0 Å². The lowest BCUT2D eigenvalue weighted by Crippen LogP contribution is -2.59. The number of primary amides is 1. The zero-order valence-corrected chi connectivity index (χ0v) is 8.43. The number of nitrogens with one attached hydrogen (secondary N) is 2. The number of hydrogen-bond acceptors (Lipinski definition) is 3. The van der Waals surface area contributed by atoms with Gasteiger partial charge in [0.2, 0.25) is 0 Å². The van der Waals surface area contributed by atoms with E-state index in [2.05, 4.69) is 16.7 Å². The molecule has 4 amide bonds. The van der Waals surface area contributed by atoms with Crippen LogP contribution in [0.3, 0.4) is 0 Å². The molecule has 0 bridgehead atoms. The van der Waals surface area contributed by atoms with E-state index in [0.29, 0.717) is 6.67 Å². The Morgan fingerprint density at radius 2 is 2.19 bits per heavy atom. The summed E-state index contributed by atoms with van der Waals surface area (Å²) < 4.78 is 0. The maximum Gasteiger partial charge on any atom is 0.328 e. The lowest BCUT2D eigenvalue weighted by atomic mass is 10.1. The lowest BCUT2D eigenvalue weighted by Gasteiger charge is -2.34. The number of imide groups is 1. The van der Waals surface area contributed by atoms with Gasteiger partial charge in [0.1, 0.15) is 6.17 Å². The summed E-state index contributed by atoms with van der Waals surface area (Å²) in [6, 6.07) is 8.54. The van der Waals surface area contributed by atoms with E-state index >= 15 is 0 Å². The third-order valence-electron chi connectivity index (χ3n) is 2.31. The molecule has 1 saturated heterocycles. The summed E-state index contributed by atoms with van der Waals surface area (Å²) in [6.07, 6.45) is -0.527. The second kappa shape index (κ2) is 4.19. The highest BCUT2D eigenvalue weighted by atomic mass is 16.2. The number of hydrogen-bond donors (Lipinski definition) is 3. The molecule has 16 heavy (non-hydrogen) atoms. The van der Waals surface area contributed by atoms with Gasteiger partial charge in [0.05, 0.1) is 6.67 Å². The molecule has 6 heteroatoms. The van der Waals surface area contributed by atoms with E-state index in [1.165, 1.54) is 0 Å². The van der Waals surface area contributed by atoms with Gasteiger partial charge in [-0.25, -0.2) is 14.5 Å². The number of rotatable bonds is 1. The Morgan fingerprint density at radius 1 is 1.50 bits per heavy atom. The highest BCUT2D eigenvalue weighted by Gasteiger charge is 2.32. The number of carbonyl (C=O) groups is 2. The van der Waals surface area contributed by atoms with Crippen LogP contribution in [-0.2, 0) is 0 Å². The van der Waals surface area contributed by atoms with Crippen LogP contribution in [0.1, 0.15) is 11.7 Å². The zero-order chi connectivity index (χ0) is 11.5. The summed E-state index contributed by atoms with van der Waals surface area (Å²) in [6.45, 7) is 0.298. The number of amides is 4. The Kier molecular flexibility index (Phi) is 2.74. The standard InChI is InChI=1S/C10H11N4O2/c11-9(15)14-8(12-6-13-10(14)16)7-4-2-1-3-5-7/h2-5,8,12H,6H2,(H2,11,15)(H,13,16). The van der Waals surface area contributed by atoms with Gasteiger partial charge in [-0.2, -0.15) is 0 Å². The Morgan fingerprint density at radius 3 is 2.81 bits per heavy atom. The Hall–Kier alpha value is -2.08. The molecule has 1 fully saturated rings. The van der Waals surface area contributed by atoms with Crippen LogP contribution in [0.25, 0.3) is 0 Å². The first-order valence-corrected chi connectivity index (χ1v) is 4.76. The van der Waals surface area contributed by atoms with Gasteiger partial charge in [-0.05, 0) is 11.6 Å². The number of carbonyl (C=O) groups excluding carboxylic acids is 2. The molecule has 1 aromatic rings. The summed E-state index contributed by atoms with van der Waals surface area (Å²) in [7, 11) is 0. The van der Waals surface area contributed by atoms with Crippen molar-refractivity contribution in [3.63, 3.8) is 0 Å². The van der Waals surface area contributed by atoms with Crippen molar-refractivity contribution < 1.29 is 9.59 Å². The Balaban J connectivity index is 2.31. The SMILES string of the molecule is NC(=O)N1C(=O)NCNC1c1cc[c]cc1. The van der Waals surface area contributed by atoms with Crippen LogP contribution >= 0.6 is 0 Å². The summed E-state index contributed by atoms with van der Waals surface area (Å²) in [4.78, 5) is 23.6. The number of nitrogens with two attached hydrogens (primary N) is 1. The highest BCUT2D eigenvalue weighted by molar-refractivity contribution is 5.93. The minimum atomic E-state index is -0.789. The van der Waals surface area contributed by atoms with E-state index in [9.17, 15) is 9.59 Å². The second-order valence-corrected chi connectivity index (χ2v) is 3.31. The van der Waals surface area contributed by atoms with Crippen molar-refractivity contribution in [1.29, 1.82) is 0 Å². The molecule has 1 aromatic carbocycles. The first-order valence-electron chi connectivity index (χ1n) is 4.76. The Labute approximate surface area is 92.4 Å². The van der Waals surface area contributed by atoms with Crippen molar-refractivity contribution in [2.75, 3.05) is 6.67 Å². The number of benzene rings is 1. The normalized spacial score (nSPS) is 20.4. The quantitative estimate of drug-likeness (QED) is 0.627. The lowest BCUT2D eigenvalue weighted by molar-refractivity contribution is 0.149. The first kappa shape index (κ1) is 10.4. The van der Waals surface area contributed by atoms with Gasteiger partial charge >= 0.3 is 12.1 Å². The molecule has 83 valence electrons. The molecule has 0 aromatic heterocycles. The average molecular weight is 219 g/mol. The molecule has 6 nitrogen and oxygen atoms in total. The fourth-order valence-corrected chi connectivity index (χ4v) is 1.59. The third kappa shape index (κ3) is 1.82. The monoisotopic (exact) mass is 219 g/mol. The summed E-state index contributed by atoms with van der Waals surface area (Å²) in [5.41, 5.74) is 5.95. The summed E-state index contributed by atoms with van der Waals surface area (Å²) in [5, 5.41) is 5.46. The minimum absolute atomic E-state index is 0.298. The van der Waals surface area contributed by atoms with E-state index in [-0.39, 0.29) is 0 Å². The largest absolute Gasteiger partial charge is 0.351 e. The van der Waals surface area contributed by atoms with Crippen LogP contribution in [0, 0.1) is 6.07 Å². The van der Waals surface area contributed by atoms with Crippen molar-refractivity contribution in [3.8, 4) is 0 Å². The molecule has 2 rings (SSSR count). The predicted molar refractivity (Wildman–Crippen MR) is 56.0 cm³/mol. The van der Waals surface area contributed by atoms with E-state index in [1.54, 1.807) is 24.3 Å². The predicted octanol–water partition coefficient (Wildman–Crippen LogP) is 0.136. The second-order valence-electron chi connectivity index (χ2n) is 3.31. The molecular formula is C10H11N4O2. The number of nitrogens with zero attached hydrogens (tertiary/aromatic N) is 1. The van der Waals surface area contributed by atoms with Crippen LogP contribution in [-0.4, -0.2) is 23.6 Å². The van der Waals surface area contributed by atoms with Crippen LogP contribution in [0.15, 0.2) is 24.3 Å². The van der Waals surface area contributed by atoms with Crippen molar-refractivity contribution in [2.45, 2.75) is 6.17 Å². The molecule has 1 heterocycles. The fraction of sp³-hybridized carbons (Fsp3) is 0.200. The van der Waals surface area contributed by atoms with Crippen molar-refractivity contribution >= 4 is 12.1 Å².